The number of benzene rings is 2. The molecular weight excluding hydrogens is 474 g/mol. The number of hydrogen-bond acceptors (Lipinski definition) is 7. The lowest BCUT2D eigenvalue weighted by Gasteiger charge is -2.15. The molecule has 5 aromatic rings. The van der Waals surface area contributed by atoms with Crippen LogP contribution in [0.2, 0.25) is 0 Å². The number of H-pyrrole nitrogens is 1. The molecule has 1 aliphatic heterocycles. The number of thioether (sulfide) groups is 1. The highest BCUT2D eigenvalue weighted by molar-refractivity contribution is 7.98. The number of ether oxygens (including phenoxy) is 1. The Hall–Kier alpha value is -3.94. The molecular formula is C26H23N7O2S. The lowest BCUT2D eigenvalue weighted by atomic mass is 10.1. The zero-order valence-corrected chi connectivity index (χ0v) is 20.2. The maximum absolute atomic E-state index is 13.0. The lowest BCUT2D eigenvalue weighted by Crippen LogP contribution is -2.24. The van der Waals surface area contributed by atoms with E-state index in [1.165, 1.54) is 16.3 Å². The van der Waals surface area contributed by atoms with Crippen LogP contribution in [0.25, 0.3) is 33.2 Å². The first-order valence-electron chi connectivity index (χ1n) is 11.8. The van der Waals surface area contributed by atoms with Crippen molar-refractivity contribution in [2.24, 2.45) is 0 Å². The van der Waals surface area contributed by atoms with Gasteiger partial charge in [-0.05, 0) is 31.0 Å². The zero-order valence-electron chi connectivity index (χ0n) is 19.4. The van der Waals surface area contributed by atoms with Gasteiger partial charge in [0.1, 0.15) is 12.4 Å². The number of nitriles is 1. The molecule has 1 saturated heterocycles. The molecule has 180 valence electrons. The third-order valence-electron chi connectivity index (χ3n) is 6.46. The summed E-state index contributed by atoms with van der Waals surface area (Å²) in [4.78, 5) is 21.1. The fourth-order valence-corrected chi connectivity index (χ4v) is 5.59. The number of aromatic nitrogens is 6. The van der Waals surface area contributed by atoms with E-state index in [1.807, 2.05) is 36.5 Å². The first kappa shape index (κ1) is 22.5. The van der Waals surface area contributed by atoms with Crippen molar-refractivity contribution in [2.45, 2.75) is 42.9 Å². The van der Waals surface area contributed by atoms with E-state index in [-0.39, 0.29) is 18.2 Å². The Labute approximate surface area is 210 Å². The van der Waals surface area contributed by atoms with Crippen molar-refractivity contribution in [3.63, 3.8) is 0 Å². The maximum atomic E-state index is 13.0. The second-order valence-electron chi connectivity index (χ2n) is 8.68. The molecule has 0 amide bonds. The monoisotopic (exact) mass is 497 g/mol. The minimum absolute atomic E-state index is 0.0598. The fraction of sp³-hybridized carbons (Fsp3) is 0.269. The first-order chi connectivity index (χ1) is 17.7. The summed E-state index contributed by atoms with van der Waals surface area (Å²) >= 11 is 1.46. The Morgan fingerprint density at radius 2 is 1.94 bits per heavy atom. The van der Waals surface area contributed by atoms with E-state index in [0.717, 1.165) is 46.9 Å². The van der Waals surface area contributed by atoms with E-state index in [0.29, 0.717) is 29.0 Å². The van der Waals surface area contributed by atoms with E-state index in [2.05, 4.69) is 31.9 Å². The van der Waals surface area contributed by atoms with Gasteiger partial charge in [-0.2, -0.15) is 5.26 Å². The average molecular weight is 498 g/mol. The van der Waals surface area contributed by atoms with Gasteiger partial charge in [-0.1, -0.05) is 42.1 Å². The molecule has 2 aromatic carbocycles. The molecule has 0 saturated carbocycles. The highest BCUT2D eigenvalue weighted by Gasteiger charge is 2.23. The summed E-state index contributed by atoms with van der Waals surface area (Å²) in [6, 6.07) is 17.4. The Bertz CT molecular complexity index is 1660. The van der Waals surface area contributed by atoms with E-state index in [9.17, 15) is 10.1 Å². The van der Waals surface area contributed by atoms with Crippen molar-refractivity contribution in [3.05, 3.63) is 70.9 Å². The smallest absolute Gasteiger partial charge is 0.262 e. The van der Waals surface area contributed by atoms with E-state index in [1.54, 1.807) is 12.1 Å². The molecule has 36 heavy (non-hydrogen) atoms. The highest BCUT2D eigenvalue weighted by atomic mass is 32.2. The quantitative estimate of drug-likeness (QED) is 0.336. The maximum Gasteiger partial charge on any atom is 0.262 e. The topological polar surface area (TPSA) is 114 Å². The van der Waals surface area contributed by atoms with E-state index >= 15 is 0 Å². The first-order valence-corrected chi connectivity index (χ1v) is 12.8. The SMILES string of the molecule is N#CCn1c(CSc2nnc(-c3c[nH]c4ccccc34)n2CC2CCCO2)nc2ccccc2c1=O. The Morgan fingerprint density at radius 3 is 2.78 bits per heavy atom. The van der Waals surface area contributed by atoms with Gasteiger partial charge in [-0.3, -0.25) is 13.9 Å². The number of nitrogens with one attached hydrogen (secondary N) is 1. The van der Waals surface area contributed by atoms with E-state index < -0.39 is 0 Å². The van der Waals surface area contributed by atoms with Crippen LogP contribution in [0.4, 0.5) is 0 Å². The molecule has 6 rings (SSSR count). The number of para-hydroxylation sites is 2. The summed E-state index contributed by atoms with van der Waals surface area (Å²) in [5, 5.41) is 20.7. The average Bonchev–Trinajstić information content (AvgIpc) is 3.65. The Kier molecular flexibility index (Phi) is 6.01. The lowest BCUT2D eigenvalue weighted by molar-refractivity contribution is 0.0953. The number of rotatable bonds is 7. The molecule has 0 aliphatic carbocycles. The molecule has 1 atom stereocenters. The number of hydrogen-bond donors (Lipinski definition) is 1. The molecule has 0 radical (unpaired) electrons. The van der Waals surface area contributed by atoms with Crippen LogP contribution in [0.5, 0.6) is 0 Å². The molecule has 0 spiro atoms. The summed E-state index contributed by atoms with van der Waals surface area (Å²) in [5.74, 6) is 1.68. The summed E-state index contributed by atoms with van der Waals surface area (Å²) in [5.41, 5.74) is 2.42. The van der Waals surface area contributed by atoms with Gasteiger partial charge in [-0.25, -0.2) is 4.98 Å². The van der Waals surface area contributed by atoms with Crippen LogP contribution in [0.1, 0.15) is 18.7 Å². The zero-order chi connectivity index (χ0) is 24.5. The van der Waals surface area contributed by atoms with Crippen molar-refractivity contribution in [3.8, 4) is 17.5 Å². The van der Waals surface area contributed by atoms with Gasteiger partial charge >= 0.3 is 0 Å². The summed E-state index contributed by atoms with van der Waals surface area (Å²) in [6.45, 7) is 1.34. The predicted octanol–water partition coefficient (Wildman–Crippen LogP) is 4.13. The van der Waals surface area contributed by atoms with Crippen molar-refractivity contribution in [1.82, 2.24) is 29.3 Å². The Balaban J connectivity index is 1.38. The van der Waals surface area contributed by atoms with Crippen molar-refractivity contribution < 1.29 is 4.74 Å². The van der Waals surface area contributed by atoms with Gasteiger partial charge in [0.2, 0.25) is 0 Å². The largest absolute Gasteiger partial charge is 0.376 e. The van der Waals surface area contributed by atoms with Gasteiger partial charge in [-0.15, -0.1) is 10.2 Å². The predicted molar refractivity (Wildman–Crippen MR) is 137 cm³/mol. The molecule has 4 heterocycles. The molecule has 9 nitrogen and oxygen atoms in total. The van der Waals surface area contributed by atoms with Crippen molar-refractivity contribution in [2.75, 3.05) is 6.61 Å². The normalized spacial score (nSPS) is 15.6. The van der Waals surface area contributed by atoms with Crippen LogP contribution in [-0.2, 0) is 23.6 Å². The number of aromatic amines is 1. The van der Waals surface area contributed by atoms with Crippen LogP contribution in [0.15, 0.2) is 64.7 Å². The third kappa shape index (κ3) is 4.06. The van der Waals surface area contributed by atoms with Gasteiger partial charge in [0.05, 0.1) is 35.4 Å². The van der Waals surface area contributed by atoms with Gasteiger partial charge in [0.15, 0.2) is 11.0 Å². The second-order valence-corrected chi connectivity index (χ2v) is 9.63. The second kappa shape index (κ2) is 9.60. The van der Waals surface area contributed by atoms with Crippen LogP contribution >= 0.6 is 11.8 Å². The molecule has 1 fully saturated rings. The van der Waals surface area contributed by atoms with Crippen LogP contribution in [0, 0.1) is 11.3 Å². The summed E-state index contributed by atoms with van der Waals surface area (Å²) < 4.78 is 9.47. The van der Waals surface area contributed by atoms with Gasteiger partial charge < -0.3 is 9.72 Å². The number of fused-ring (bicyclic) bond motifs is 2. The number of nitrogens with zero attached hydrogens (tertiary/aromatic N) is 6. The van der Waals surface area contributed by atoms with Crippen LogP contribution in [0.3, 0.4) is 0 Å². The van der Waals surface area contributed by atoms with Crippen molar-refractivity contribution >= 4 is 33.6 Å². The minimum Gasteiger partial charge on any atom is -0.376 e. The fourth-order valence-electron chi connectivity index (χ4n) is 4.69. The van der Waals surface area contributed by atoms with Crippen LogP contribution < -0.4 is 5.56 Å². The van der Waals surface area contributed by atoms with E-state index in [4.69, 9.17) is 9.72 Å². The highest BCUT2D eigenvalue weighted by Crippen LogP contribution is 2.32. The van der Waals surface area contributed by atoms with Crippen molar-refractivity contribution in [1.29, 1.82) is 5.26 Å². The Morgan fingerprint density at radius 1 is 1.11 bits per heavy atom. The molecule has 1 aliphatic rings. The van der Waals surface area contributed by atoms with Gasteiger partial charge in [0, 0.05) is 29.3 Å². The van der Waals surface area contributed by atoms with Crippen LogP contribution in [-0.4, -0.2) is 42.0 Å². The molecule has 10 heteroatoms. The molecule has 3 aromatic heterocycles. The molecule has 1 N–H and O–H groups in total. The molecule has 1 unspecified atom stereocenters. The summed E-state index contributed by atoms with van der Waals surface area (Å²) in [6.07, 6.45) is 4.09. The minimum atomic E-state index is -0.210. The molecule has 0 bridgehead atoms. The summed E-state index contributed by atoms with van der Waals surface area (Å²) in [7, 11) is 0. The van der Waals surface area contributed by atoms with Gasteiger partial charge in [0.25, 0.3) is 5.56 Å². The third-order valence-corrected chi connectivity index (χ3v) is 7.42. The standard InChI is InChI=1S/C26H23N7O2S/c27-11-12-32-23(29-22-10-4-2-8-19(22)25(32)34)16-36-26-31-30-24(33(26)15-17-6-5-13-35-17)20-14-28-21-9-3-1-7-18(20)21/h1-4,7-10,14,17,28H,5-6,12-13,15-16H2.